The lowest BCUT2D eigenvalue weighted by Gasteiger charge is -2.71. The zero-order chi connectivity index (χ0) is 24.9. The van der Waals surface area contributed by atoms with Gasteiger partial charge in [0.2, 0.25) is 0 Å². The van der Waals surface area contributed by atoms with Crippen LogP contribution >= 0.6 is 0 Å². The van der Waals surface area contributed by atoms with Gasteiger partial charge in [0.25, 0.3) is 0 Å². The first-order valence-electron chi connectivity index (χ1n) is 13.9. The molecule has 0 aromatic rings. The predicted octanol–water partition coefficient (Wildman–Crippen LogP) is 6.21. The van der Waals surface area contributed by atoms with Crippen molar-refractivity contribution in [2.45, 2.75) is 112 Å². The number of aliphatic carboxylic acids is 1. The van der Waals surface area contributed by atoms with Crippen LogP contribution in [0.4, 0.5) is 0 Å². The van der Waals surface area contributed by atoms with Crippen LogP contribution in [0.5, 0.6) is 0 Å². The van der Waals surface area contributed by atoms with Crippen molar-refractivity contribution in [1.29, 1.82) is 0 Å². The average Bonchev–Trinajstić information content (AvgIpc) is 2.76. The highest BCUT2D eigenvalue weighted by Gasteiger charge is 2.69. The highest BCUT2D eigenvalue weighted by Crippen LogP contribution is 2.75. The summed E-state index contributed by atoms with van der Waals surface area (Å²) in [5, 5.41) is 31.8. The topological polar surface area (TPSA) is 77.8 Å². The Balaban J connectivity index is 1.60. The molecule has 0 radical (unpaired) electrons. The van der Waals surface area contributed by atoms with E-state index in [0.717, 1.165) is 64.2 Å². The number of allylic oxidation sites excluding steroid dienone is 2. The first-order valence-corrected chi connectivity index (χ1v) is 13.9. The molecule has 0 bridgehead atoms. The third-order valence-electron chi connectivity index (χ3n) is 13.2. The minimum atomic E-state index is -0.588. The van der Waals surface area contributed by atoms with Crippen LogP contribution in [-0.4, -0.2) is 34.0 Å². The molecule has 5 aliphatic carbocycles. The summed E-state index contributed by atoms with van der Waals surface area (Å²) in [5.74, 6) is 0.395. The van der Waals surface area contributed by atoms with Crippen molar-refractivity contribution in [2.75, 3.05) is 6.61 Å². The zero-order valence-electron chi connectivity index (χ0n) is 22.4. The van der Waals surface area contributed by atoms with Crippen LogP contribution in [0.15, 0.2) is 11.6 Å². The lowest BCUT2D eigenvalue weighted by atomic mass is 9.33. The van der Waals surface area contributed by atoms with E-state index in [9.17, 15) is 20.1 Å². The van der Waals surface area contributed by atoms with E-state index in [0.29, 0.717) is 11.8 Å². The van der Waals surface area contributed by atoms with E-state index >= 15 is 0 Å². The smallest absolute Gasteiger partial charge is 0.310 e. The molecule has 9 atom stereocenters. The van der Waals surface area contributed by atoms with Gasteiger partial charge >= 0.3 is 5.97 Å². The summed E-state index contributed by atoms with van der Waals surface area (Å²) in [6.45, 7) is 14.3. The Bertz CT molecular complexity index is 907. The number of aliphatic hydroxyl groups excluding tert-OH is 2. The maximum atomic E-state index is 12.8. The summed E-state index contributed by atoms with van der Waals surface area (Å²) < 4.78 is 0. The van der Waals surface area contributed by atoms with Crippen LogP contribution in [0.3, 0.4) is 0 Å². The first-order chi connectivity index (χ1) is 15.7. The molecule has 4 saturated carbocycles. The maximum absolute atomic E-state index is 12.8. The second-order valence-corrected chi connectivity index (χ2v) is 14.9. The molecule has 4 heteroatoms. The van der Waals surface area contributed by atoms with E-state index in [-0.39, 0.29) is 34.2 Å². The number of rotatable bonds is 2. The van der Waals surface area contributed by atoms with Crippen molar-refractivity contribution >= 4 is 5.97 Å². The second-order valence-electron chi connectivity index (χ2n) is 14.9. The van der Waals surface area contributed by atoms with Gasteiger partial charge < -0.3 is 15.3 Å². The van der Waals surface area contributed by atoms with Gasteiger partial charge in [-0.1, -0.05) is 53.2 Å². The molecule has 0 aromatic heterocycles. The summed E-state index contributed by atoms with van der Waals surface area (Å²) in [5.41, 5.74) is 0.858. The quantitative estimate of drug-likeness (QED) is 0.418. The van der Waals surface area contributed by atoms with E-state index in [1.807, 2.05) is 0 Å². The van der Waals surface area contributed by atoms with Crippen molar-refractivity contribution in [3.8, 4) is 0 Å². The molecule has 5 aliphatic rings. The number of hydrogen-bond acceptors (Lipinski definition) is 3. The van der Waals surface area contributed by atoms with Gasteiger partial charge in [0.1, 0.15) is 0 Å². The standard InChI is InChI=1S/C30H48O4/c1-25(2)13-15-30(24(33)34)16-14-28(5)19(20(30)17-25)7-8-22-26(3)11-10-23(32)27(4,18-31)21(26)9-12-29(22,28)6/h7,20-23,31-32H,8-18H2,1-6H3,(H,33,34)/t20?,21-,22?,23?,26?,27?,28+,29+,30?/m0/s1. The van der Waals surface area contributed by atoms with Gasteiger partial charge in [0.05, 0.1) is 18.1 Å². The Morgan fingerprint density at radius 1 is 0.941 bits per heavy atom. The van der Waals surface area contributed by atoms with Gasteiger partial charge in [0, 0.05) is 5.41 Å². The normalized spacial score (nSPS) is 54.1. The number of carbonyl (C=O) groups is 1. The van der Waals surface area contributed by atoms with Crippen molar-refractivity contribution in [2.24, 2.45) is 50.2 Å². The van der Waals surface area contributed by atoms with Crippen LogP contribution in [-0.2, 0) is 4.79 Å². The average molecular weight is 473 g/mol. The fourth-order valence-corrected chi connectivity index (χ4v) is 10.7. The van der Waals surface area contributed by atoms with Crippen LogP contribution in [0.1, 0.15) is 106 Å². The lowest BCUT2D eigenvalue weighted by molar-refractivity contribution is -0.216. The molecule has 0 aromatic carbocycles. The van der Waals surface area contributed by atoms with Crippen molar-refractivity contribution in [3.05, 3.63) is 11.6 Å². The van der Waals surface area contributed by atoms with E-state index in [1.165, 1.54) is 5.57 Å². The van der Waals surface area contributed by atoms with Crippen LogP contribution in [0.25, 0.3) is 0 Å². The van der Waals surface area contributed by atoms with Gasteiger partial charge in [-0.25, -0.2) is 0 Å². The van der Waals surface area contributed by atoms with Crippen molar-refractivity contribution < 1.29 is 20.1 Å². The van der Waals surface area contributed by atoms with Gasteiger partial charge in [-0.15, -0.1) is 0 Å². The second kappa shape index (κ2) is 7.34. The Kier molecular flexibility index (Phi) is 5.36. The van der Waals surface area contributed by atoms with E-state index in [2.05, 4.69) is 47.6 Å². The van der Waals surface area contributed by atoms with Gasteiger partial charge in [-0.3, -0.25) is 4.79 Å². The minimum absolute atomic E-state index is 0.0204. The maximum Gasteiger partial charge on any atom is 0.310 e. The van der Waals surface area contributed by atoms with Crippen LogP contribution in [0, 0.1) is 50.2 Å². The third kappa shape index (κ3) is 2.88. The molecule has 5 rings (SSSR count). The van der Waals surface area contributed by atoms with Gasteiger partial charge in [-0.05, 0) is 104 Å². The monoisotopic (exact) mass is 472 g/mol. The third-order valence-corrected chi connectivity index (χ3v) is 13.2. The van der Waals surface area contributed by atoms with E-state index < -0.39 is 22.9 Å². The van der Waals surface area contributed by atoms with E-state index in [1.54, 1.807) is 0 Å². The minimum Gasteiger partial charge on any atom is -0.481 e. The molecule has 0 saturated heterocycles. The molecular formula is C30H48O4. The number of carboxylic acid groups (broad SMARTS) is 1. The number of hydrogen-bond donors (Lipinski definition) is 3. The molecule has 34 heavy (non-hydrogen) atoms. The molecular weight excluding hydrogens is 424 g/mol. The summed E-state index contributed by atoms with van der Waals surface area (Å²) in [6, 6.07) is 0. The summed E-state index contributed by atoms with van der Waals surface area (Å²) in [7, 11) is 0. The molecule has 0 amide bonds. The Morgan fingerprint density at radius 3 is 2.26 bits per heavy atom. The first kappa shape index (κ1) is 24.8. The molecule has 4 nitrogen and oxygen atoms in total. The number of carboxylic acids is 1. The molecule has 0 heterocycles. The number of aliphatic hydroxyl groups is 2. The molecule has 0 spiro atoms. The molecule has 0 aliphatic heterocycles. The fourth-order valence-electron chi connectivity index (χ4n) is 10.7. The van der Waals surface area contributed by atoms with E-state index in [4.69, 9.17) is 0 Å². The largest absolute Gasteiger partial charge is 0.481 e. The highest BCUT2D eigenvalue weighted by atomic mass is 16.4. The predicted molar refractivity (Wildman–Crippen MR) is 134 cm³/mol. The fraction of sp³-hybridized carbons (Fsp3) is 0.900. The van der Waals surface area contributed by atoms with Crippen molar-refractivity contribution in [3.63, 3.8) is 0 Å². The lowest BCUT2D eigenvalue weighted by Crippen LogP contribution is -2.65. The van der Waals surface area contributed by atoms with Gasteiger partial charge in [-0.2, -0.15) is 0 Å². The SMILES string of the molecule is CC1(C)CCC2(C(=O)O)CC[C@]3(C)C(=CCC4C5(C)CCC(O)C(C)(CO)[C@H]5CC[C@]43C)C2C1. The molecule has 6 unspecified atom stereocenters. The Labute approximate surface area is 206 Å². The number of fused-ring (bicyclic) bond motifs is 7. The summed E-state index contributed by atoms with van der Waals surface area (Å²) >= 11 is 0. The van der Waals surface area contributed by atoms with Crippen molar-refractivity contribution in [1.82, 2.24) is 0 Å². The molecule has 3 N–H and O–H groups in total. The van der Waals surface area contributed by atoms with Gasteiger partial charge in [0.15, 0.2) is 0 Å². The van der Waals surface area contributed by atoms with Crippen LogP contribution in [0.2, 0.25) is 0 Å². The zero-order valence-corrected chi connectivity index (χ0v) is 22.4. The molecule has 4 fully saturated rings. The summed E-state index contributed by atoms with van der Waals surface area (Å²) in [6.07, 6.45) is 11.6. The van der Waals surface area contributed by atoms with Crippen LogP contribution < -0.4 is 0 Å². The highest BCUT2D eigenvalue weighted by molar-refractivity contribution is 5.76. The molecule has 192 valence electrons. The Morgan fingerprint density at radius 2 is 1.62 bits per heavy atom. The Hall–Kier alpha value is -0.870. The summed E-state index contributed by atoms with van der Waals surface area (Å²) in [4.78, 5) is 12.8.